The Morgan fingerprint density at radius 2 is 1.85 bits per heavy atom. The Morgan fingerprint density at radius 1 is 1.06 bits per heavy atom. The first kappa shape index (κ1) is 23.0. The molecular weight excluding hydrogens is 434 g/mol. The van der Waals surface area contributed by atoms with E-state index in [2.05, 4.69) is 34.3 Å². The first-order chi connectivity index (χ1) is 15.4. The van der Waals surface area contributed by atoms with Crippen molar-refractivity contribution in [1.29, 1.82) is 0 Å². The maximum absolute atomic E-state index is 12.4. The van der Waals surface area contributed by atoms with Gasteiger partial charge in [-0.1, -0.05) is 12.1 Å². The number of aryl methyl sites for hydroxylation is 2. The van der Waals surface area contributed by atoms with Crippen LogP contribution in [-0.2, 0) is 13.0 Å². The number of aromatic amines is 1. The van der Waals surface area contributed by atoms with Crippen molar-refractivity contribution >= 4 is 29.5 Å². The third-order valence-electron chi connectivity index (χ3n) is 6.29. The quantitative estimate of drug-likeness (QED) is 0.464. The van der Waals surface area contributed by atoms with E-state index in [1.807, 2.05) is 37.5 Å². The van der Waals surface area contributed by atoms with Crippen molar-refractivity contribution < 1.29 is 4.79 Å². The van der Waals surface area contributed by atoms with Gasteiger partial charge < -0.3 is 15.2 Å². The van der Waals surface area contributed by atoms with Crippen molar-refractivity contribution in [3.8, 4) is 22.4 Å². The molecule has 4 aromatic rings. The SMILES string of the molecule is Cc1cc(-c2c[nH]c3ncc(-c4cc(C)c5c(c4)CCNC5)nc23)ccc1C(=O)N(C)C.Cl. The molecule has 170 valence electrons. The highest BCUT2D eigenvalue weighted by molar-refractivity contribution is 5.97. The van der Waals surface area contributed by atoms with E-state index in [4.69, 9.17) is 4.98 Å². The lowest BCUT2D eigenvalue weighted by atomic mass is 9.93. The lowest BCUT2D eigenvalue weighted by Gasteiger charge is -2.20. The van der Waals surface area contributed by atoms with Crippen molar-refractivity contribution in [1.82, 2.24) is 25.2 Å². The zero-order valence-corrected chi connectivity index (χ0v) is 20.1. The van der Waals surface area contributed by atoms with Gasteiger partial charge in [-0.3, -0.25) is 4.79 Å². The minimum Gasteiger partial charge on any atom is -0.345 e. The lowest BCUT2D eigenvalue weighted by Crippen LogP contribution is -2.24. The molecule has 5 rings (SSSR count). The van der Waals surface area contributed by atoms with E-state index < -0.39 is 0 Å². The molecule has 0 spiro atoms. The summed E-state index contributed by atoms with van der Waals surface area (Å²) < 4.78 is 0. The minimum absolute atomic E-state index is 0. The van der Waals surface area contributed by atoms with Gasteiger partial charge in [0.05, 0.1) is 11.9 Å². The van der Waals surface area contributed by atoms with Crippen molar-refractivity contribution in [2.24, 2.45) is 0 Å². The van der Waals surface area contributed by atoms with E-state index in [-0.39, 0.29) is 18.3 Å². The number of hydrogen-bond acceptors (Lipinski definition) is 4. The second-order valence-electron chi connectivity index (χ2n) is 8.74. The third-order valence-corrected chi connectivity index (χ3v) is 6.29. The van der Waals surface area contributed by atoms with Crippen LogP contribution in [0.4, 0.5) is 0 Å². The number of nitrogens with one attached hydrogen (secondary N) is 2. The molecule has 1 amide bonds. The minimum atomic E-state index is 0. The summed E-state index contributed by atoms with van der Waals surface area (Å²) in [6, 6.07) is 10.4. The molecule has 0 unspecified atom stereocenters. The molecule has 3 heterocycles. The van der Waals surface area contributed by atoms with Gasteiger partial charge in [0.15, 0.2) is 5.65 Å². The Hall–Kier alpha value is -3.22. The number of amides is 1. The molecule has 1 aliphatic heterocycles. The zero-order valence-electron chi connectivity index (χ0n) is 19.3. The van der Waals surface area contributed by atoms with Gasteiger partial charge in [0.2, 0.25) is 0 Å². The van der Waals surface area contributed by atoms with Crippen LogP contribution in [0.15, 0.2) is 42.7 Å². The highest BCUT2D eigenvalue weighted by Gasteiger charge is 2.17. The topological polar surface area (TPSA) is 73.9 Å². The highest BCUT2D eigenvalue weighted by Crippen LogP contribution is 2.31. The number of aromatic nitrogens is 3. The van der Waals surface area contributed by atoms with Crippen molar-refractivity contribution in [3.63, 3.8) is 0 Å². The van der Waals surface area contributed by atoms with Crippen LogP contribution >= 0.6 is 12.4 Å². The van der Waals surface area contributed by atoms with Gasteiger partial charge >= 0.3 is 0 Å². The summed E-state index contributed by atoms with van der Waals surface area (Å²) in [4.78, 5) is 26.9. The van der Waals surface area contributed by atoms with Crippen molar-refractivity contribution in [2.45, 2.75) is 26.8 Å². The number of rotatable bonds is 3. The average Bonchev–Trinajstić information content (AvgIpc) is 3.22. The standard InChI is InChI=1S/C26H27N5O.ClH/c1-15-9-17(5-6-20(15)26(32)31(3)4)22-13-28-25-24(22)30-23(14-29-25)19-10-16(2)21-12-27-8-7-18(21)11-19;/h5-6,9-11,13-14,27H,7-8,12H2,1-4H3,(H,28,29);1H. The van der Waals surface area contributed by atoms with Crippen LogP contribution in [0.25, 0.3) is 33.5 Å². The van der Waals surface area contributed by atoms with Gasteiger partial charge in [-0.15, -0.1) is 12.4 Å². The van der Waals surface area contributed by atoms with Crippen LogP contribution in [0.2, 0.25) is 0 Å². The first-order valence-corrected chi connectivity index (χ1v) is 10.9. The first-order valence-electron chi connectivity index (χ1n) is 10.9. The molecule has 0 atom stereocenters. The summed E-state index contributed by atoms with van der Waals surface area (Å²) in [6.07, 6.45) is 4.82. The normalized spacial score (nSPS) is 12.8. The van der Waals surface area contributed by atoms with Crippen LogP contribution in [0, 0.1) is 13.8 Å². The van der Waals surface area contributed by atoms with E-state index in [0.29, 0.717) is 5.56 Å². The maximum atomic E-state index is 12.4. The molecule has 33 heavy (non-hydrogen) atoms. The van der Waals surface area contributed by atoms with Gasteiger partial charge in [0, 0.05) is 43.5 Å². The van der Waals surface area contributed by atoms with Crippen LogP contribution in [0.5, 0.6) is 0 Å². The molecule has 1 aliphatic rings. The van der Waals surface area contributed by atoms with Gasteiger partial charge in [0.1, 0.15) is 5.52 Å². The molecule has 2 aromatic carbocycles. The van der Waals surface area contributed by atoms with E-state index in [0.717, 1.165) is 58.6 Å². The number of nitrogens with zero attached hydrogens (tertiary/aromatic N) is 3. The Bertz CT molecular complexity index is 1360. The van der Waals surface area contributed by atoms with E-state index >= 15 is 0 Å². The summed E-state index contributed by atoms with van der Waals surface area (Å²) in [5.41, 5.74) is 11.3. The fourth-order valence-corrected chi connectivity index (χ4v) is 4.51. The number of H-pyrrole nitrogens is 1. The fraction of sp³-hybridized carbons (Fsp3) is 0.269. The van der Waals surface area contributed by atoms with Gasteiger partial charge in [-0.2, -0.15) is 0 Å². The summed E-state index contributed by atoms with van der Waals surface area (Å²) in [5.74, 6) is 0.00744. The molecule has 0 saturated heterocycles. The molecule has 2 aromatic heterocycles. The molecule has 7 heteroatoms. The predicted octanol–water partition coefficient (Wildman–Crippen LogP) is 4.68. The second-order valence-corrected chi connectivity index (χ2v) is 8.74. The van der Waals surface area contributed by atoms with Crippen molar-refractivity contribution in [3.05, 3.63) is 70.5 Å². The van der Waals surface area contributed by atoms with Crippen molar-refractivity contribution in [2.75, 3.05) is 20.6 Å². The smallest absolute Gasteiger partial charge is 0.253 e. The molecule has 0 aliphatic carbocycles. The fourth-order valence-electron chi connectivity index (χ4n) is 4.51. The summed E-state index contributed by atoms with van der Waals surface area (Å²) in [6.45, 7) is 6.08. The second kappa shape index (κ2) is 8.96. The largest absolute Gasteiger partial charge is 0.345 e. The molecule has 0 bridgehead atoms. The van der Waals surface area contributed by atoms with E-state index in [1.165, 1.54) is 16.7 Å². The highest BCUT2D eigenvalue weighted by atomic mass is 35.5. The molecular formula is C26H28ClN5O. The Balaban J connectivity index is 0.00000259. The predicted molar refractivity (Wildman–Crippen MR) is 135 cm³/mol. The Labute approximate surface area is 199 Å². The Kier molecular flexibility index (Phi) is 6.23. The number of fused-ring (bicyclic) bond motifs is 2. The van der Waals surface area contributed by atoms with Gasteiger partial charge in [-0.25, -0.2) is 9.97 Å². The number of benzene rings is 2. The molecule has 0 fully saturated rings. The molecule has 2 N–H and O–H groups in total. The number of carbonyl (C=O) groups excluding carboxylic acids is 1. The number of hydrogen-bond donors (Lipinski definition) is 2. The van der Waals surface area contributed by atoms with Crippen LogP contribution in [0.1, 0.15) is 32.6 Å². The maximum Gasteiger partial charge on any atom is 0.253 e. The summed E-state index contributed by atoms with van der Waals surface area (Å²) in [5, 5.41) is 3.45. The van der Waals surface area contributed by atoms with Crippen LogP contribution < -0.4 is 5.32 Å². The third kappa shape index (κ3) is 4.12. The van der Waals surface area contributed by atoms with E-state index in [1.54, 1.807) is 19.0 Å². The molecule has 0 saturated carbocycles. The van der Waals surface area contributed by atoms with Gasteiger partial charge in [0.25, 0.3) is 5.91 Å². The Morgan fingerprint density at radius 3 is 2.61 bits per heavy atom. The van der Waals surface area contributed by atoms with Crippen LogP contribution in [-0.4, -0.2) is 46.4 Å². The zero-order chi connectivity index (χ0) is 22.4. The average molecular weight is 462 g/mol. The molecule has 6 nitrogen and oxygen atoms in total. The number of carbonyl (C=O) groups is 1. The number of halogens is 1. The monoisotopic (exact) mass is 461 g/mol. The summed E-state index contributed by atoms with van der Waals surface area (Å²) in [7, 11) is 3.54. The lowest BCUT2D eigenvalue weighted by molar-refractivity contribution is 0.0827. The van der Waals surface area contributed by atoms with E-state index in [9.17, 15) is 4.79 Å². The summed E-state index contributed by atoms with van der Waals surface area (Å²) >= 11 is 0. The molecule has 0 radical (unpaired) electrons. The van der Waals surface area contributed by atoms with Gasteiger partial charge in [-0.05, 0) is 72.8 Å². The van der Waals surface area contributed by atoms with Crippen LogP contribution in [0.3, 0.4) is 0 Å².